The van der Waals surface area contributed by atoms with Crippen molar-refractivity contribution in [2.45, 2.75) is 18.1 Å². The molecule has 1 heterocycles. The van der Waals surface area contributed by atoms with Gasteiger partial charge in [-0.15, -0.1) is 6.58 Å². The van der Waals surface area contributed by atoms with Crippen LogP contribution in [0.4, 0.5) is 4.39 Å². The summed E-state index contributed by atoms with van der Waals surface area (Å²) in [7, 11) is 0. The maximum atomic E-state index is 13.3. The quantitative estimate of drug-likeness (QED) is 0.653. The van der Waals surface area contributed by atoms with Gasteiger partial charge >= 0.3 is 5.97 Å². The molecule has 0 saturated heterocycles. The molecule has 0 saturated carbocycles. The second-order valence-corrected chi connectivity index (χ2v) is 4.88. The van der Waals surface area contributed by atoms with E-state index in [-0.39, 0.29) is 11.6 Å². The molecule has 0 radical (unpaired) electrons. The van der Waals surface area contributed by atoms with Crippen molar-refractivity contribution in [1.29, 1.82) is 0 Å². The molecule has 0 fully saturated rings. The molecule has 19 heavy (non-hydrogen) atoms. The van der Waals surface area contributed by atoms with Crippen LogP contribution < -0.4 is 0 Å². The Balaban J connectivity index is 2.42. The number of imidazole rings is 1. The van der Waals surface area contributed by atoms with Crippen molar-refractivity contribution >= 4 is 28.8 Å². The summed E-state index contributed by atoms with van der Waals surface area (Å²) in [4.78, 5) is 15.0. The largest absolute Gasteiger partial charge is 0.481 e. The molecule has 0 aliphatic carbocycles. The van der Waals surface area contributed by atoms with Crippen LogP contribution in [0, 0.1) is 5.82 Å². The van der Waals surface area contributed by atoms with E-state index in [1.54, 1.807) is 12.1 Å². The Hall–Kier alpha value is -1.82. The fourth-order valence-electron chi connectivity index (χ4n) is 1.75. The van der Waals surface area contributed by atoms with Crippen molar-refractivity contribution in [3.63, 3.8) is 0 Å². The molecule has 0 aliphatic rings. The van der Waals surface area contributed by atoms with Crippen LogP contribution in [0.5, 0.6) is 0 Å². The van der Waals surface area contributed by atoms with Gasteiger partial charge in [-0.05, 0) is 24.6 Å². The SMILES string of the molecule is C=CCCn1c(SCC(=O)O)nc2ccc(F)cc21. The van der Waals surface area contributed by atoms with Crippen molar-refractivity contribution in [2.24, 2.45) is 0 Å². The van der Waals surface area contributed by atoms with Gasteiger partial charge in [0.15, 0.2) is 5.16 Å². The van der Waals surface area contributed by atoms with Crippen LogP contribution >= 0.6 is 11.8 Å². The molecule has 6 heteroatoms. The molecule has 0 aliphatic heterocycles. The number of hydrogen-bond acceptors (Lipinski definition) is 3. The van der Waals surface area contributed by atoms with E-state index in [1.165, 1.54) is 12.1 Å². The molecule has 2 rings (SSSR count). The summed E-state index contributed by atoms with van der Waals surface area (Å²) in [5.41, 5.74) is 1.34. The highest BCUT2D eigenvalue weighted by molar-refractivity contribution is 7.99. The number of carboxylic acid groups (broad SMARTS) is 1. The number of aromatic nitrogens is 2. The zero-order chi connectivity index (χ0) is 13.8. The van der Waals surface area contributed by atoms with Crippen molar-refractivity contribution in [3.8, 4) is 0 Å². The van der Waals surface area contributed by atoms with E-state index in [0.717, 1.165) is 11.8 Å². The Labute approximate surface area is 113 Å². The maximum absolute atomic E-state index is 13.3. The third kappa shape index (κ3) is 3.14. The number of carboxylic acids is 1. The highest BCUT2D eigenvalue weighted by atomic mass is 32.2. The highest BCUT2D eigenvalue weighted by Gasteiger charge is 2.12. The fourth-order valence-corrected chi connectivity index (χ4v) is 2.51. The predicted molar refractivity (Wildman–Crippen MR) is 72.9 cm³/mol. The minimum Gasteiger partial charge on any atom is -0.481 e. The Kier molecular flexibility index (Phi) is 4.21. The van der Waals surface area contributed by atoms with Gasteiger partial charge in [0.2, 0.25) is 0 Å². The van der Waals surface area contributed by atoms with E-state index in [4.69, 9.17) is 5.11 Å². The summed E-state index contributed by atoms with van der Waals surface area (Å²) in [6, 6.07) is 4.36. The Morgan fingerprint density at radius 3 is 3.05 bits per heavy atom. The van der Waals surface area contributed by atoms with Gasteiger partial charge in [0, 0.05) is 6.54 Å². The lowest BCUT2D eigenvalue weighted by Crippen LogP contribution is -2.03. The van der Waals surface area contributed by atoms with Gasteiger partial charge in [-0.2, -0.15) is 0 Å². The van der Waals surface area contributed by atoms with Crippen LogP contribution in [-0.4, -0.2) is 26.4 Å². The predicted octanol–water partition coefficient (Wildman–Crippen LogP) is 2.93. The van der Waals surface area contributed by atoms with Crippen LogP contribution in [0.3, 0.4) is 0 Å². The number of halogens is 1. The van der Waals surface area contributed by atoms with E-state index >= 15 is 0 Å². The number of aryl methyl sites for hydroxylation is 1. The van der Waals surface area contributed by atoms with E-state index in [2.05, 4.69) is 11.6 Å². The van der Waals surface area contributed by atoms with E-state index < -0.39 is 5.97 Å². The summed E-state index contributed by atoms with van der Waals surface area (Å²) < 4.78 is 15.1. The minimum absolute atomic E-state index is 0.0696. The molecule has 0 bridgehead atoms. The lowest BCUT2D eigenvalue weighted by molar-refractivity contribution is -0.133. The smallest absolute Gasteiger partial charge is 0.313 e. The molecule has 0 unspecified atom stereocenters. The first-order valence-corrected chi connectivity index (χ1v) is 6.71. The standard InChI is InChI=1S/C13H13FN2O2S/c1-2-3-6-16-11-7-9(14)4-5-10(11)15-13(16)19-8-12(17)18/h2,4-5,7H,1,3,6,8H2,(H,17,18). The lowest BCUT2D eigenvalue weighted by Gasteiger charge is -2.06. The summed E-state index contributed by atoms with van der Waals surface area (Å²) in [5.74, 6) is -1.31. The monoisotopic (exact) mass is 280 g/mol. The van der Waals surface area contributed by atoms with Gasteiger partial charge in [0.05, 0.1) is 16.8 Å². The van der Waals surface area contributed by atoms with Crippen LogP contribution in [0.2, 0.25) is 0 Å². The average Bonchev–Trinajstić information content (AvgIpc) is 2.71. The number of hydrogen-bond donors (Lipinski definition) is 1. The van der Waals surface area contributed by atoms with Gasteiger partial charge in [0.1, 0.15) is 5.82 Å². The number of fused-ring (bicyclic) bond motifs is 1. The highest BCUT2D eigenvalue weighted by Crippen LogP contribution is 2.25. The molecule has 100 valence electrons. The van der Waals surface area contributed by atoms with Crippen LogP contribution in [-0.2, 0) is 11.3 Å². The number of aliphatic carboxylic acids is 1. The van der Waals surface area contributed by atoms with Gasteiger partial charge in [-0.1, -0.05) is 17.8 Å². The Morgan fingerprint density at radius 1 is 1.58 bits per heavy atom. The number of thioether (sulfide) groups is 1. The minimum atomic E-state index is -0.904. The van der Waals surface area contributed by atoms with E-state index in [0.29, 0.717) is 29.2 Å². The first-order chi connectivity index (χ1) is 9.11. The average molecular weight is 280 g/mol. The molecule has 1 aromatic heterocycles. The Morgan fingerprint density at radius 2 is 2.37 bits per heavy atom. The van der Waals surface area contributed by atoms with Crippen molar-refractivity contribution < 1.29 is 14.3 Å². The maximum Gasteiger partial charge on any atom is 0.313 e. The van der Waals surface area contributed by atoms with E-state index in [9.17, 15) is 9.18 Å². The molecule has 2 aromatic rings. The van der Waals surface area contributed by atoms with Crippen molar-refractivity contribution in [2.75, 3.05) is 5.75 Å². The van der Waals surface area contributed by atoms with Gasteiger partial charge in [-0.3, -0.25) is 4.79 Å². The second kappa shape index (κ2) is 5.88. The third-order valence-corrected chi connectivity index (χ3v) is 3.52. The normalized spacial score (nSPS) is 10.8. The lowest BCUT2D eigenvalue weighted by atomic mass is 10.3. The summed E-state index contributed by atoms with van der Waals surface area (Å²) in [6.07, 6.45) is 2.47. The van der Waals surface area contributed by atoms with Gasteiger partial charge in [0.25, 0.3) is 0 Å². The molecule has 0 amide bonds. The van der Waals surface area contributed by atoms with Crippen LogP contribution in [0.25, 0.3) is 11.0 Å². The summed E-state index contributed by atoms with van der Waals surface area (Å²) >= 11 is 1.13. The molecule has 1 N–H and O–H groups in total. The first-order valence-electron chi connectivity index (χ1n) is 5.73. The molecular weight excluding hydrogens is 267 g/mol. The van der Waals surface area contributed by atoms with Gasteiger partial charge in [-0.25, -0.2) is 9.37 Å². The molecule has 0 atom stereocenters. The zero-order valence-electron chi connectivity index (χ0n) is 10.2. The van der Waals surface area contributed by atoms with Crippen molar-refractivity contribution in [1.82, 2.24) is 9.55 Å². The van der Waals surface area contributed by atoms with Gasteiger partial charge < -0.3 is 9.67 Å². The molecular formula is C13H13FN2O2S. The third-order valence-electron chi connectivity index (χ3n) is 2.56. The zero-order valence-corrected chi connectivity index (χ0v) is 11.0. The molecule has 0 spiro atoms. The number of rotatable bonds is 6. The molecule has 4 nitrogen and oxygen atoms in total. The number of nitrogens with zero attached hydrogens (tertiary/aromatic N) is 2. The topological polar surface area (TPSA) is 55.1 Å². The summed E-state index contributed by atoms with van der Waals surface area (Å²) in [5, 5.41) is 9.31. The number of carbonyl (C=O) groups is 1. The number of benzene rings is 1. The van der Waals surface area contributed by atoms with E-state index in [1.807, 2.05) is 4.57 Å². The number of allylic oxidation sites excluding steroid dienone is 1. The first kappa shape index (κ1) is 13.6. The van der Waals surface area contributed by atoms with Crippen LogP contribution in [0.1, 0.15) is 6.42 Å². The summed E-state index contributed by atoms with van der Waals surface area (Å²) in [6.45, 7) is 4.26. The molecule has 1 aromatic carbocycles. The fraction of sp³-hybridized carbons (Fsp3) is 0.231. The Bertz CT molecular complexity index is 624. The second-order valence-electron chi connectivity index (χ2n) is 3.94. The van der Waals surface area contributed by atoms with Crippen molar-refractivity contribution in [3.05, 3.63) is 36.7 Å². The van der Waals surface area contributed by atoms with Crippen LogP contribution in [0.15, 0.2) is 36.0 Å².